The molecule has 0 atom stereocenters. The van der Waals surface area contributed by atoms with E-state index >= 15 is 0 Å². The van der Waals surface area contributed by atoms with Gasteiger partial charge in [0.1, 0.15) is 11.4 Å². The Balaban J connectivity index is 1.95. The maximum atomic E-state index is 13.2. The van der Waals surface area contributed by atoms with Crippen molar-refractivity contribution < 1.29 is 17.9 Å². The molecule has 0 spiro atoms. The Morgan fingerprint density at radius 2 is 1.79 bits per heavy atom. The molecule has 2 aromatic carbocycles. The van der Waals surface area contributed by atoms with Crippen molar-refractivity contribution in [3.63, 3.8) is 0 Å². The zero-order valence-electron chi connectivity index (χ0n) is 18.2. The molecule has 172 valence electrons. The zero-order valence-corrected chi connectivity index (χ0v) is 19.0. The fourth-order valence-corrected chi connectivity index (χ4v) is 4.43. The second kappa shape index (κ2) is 8.18. The lowest BCUT2D eigenvalue weighted by Gasteiger charge is -2.14. The molecule has 4 aromatic rings. The van der Waals surface area contributed by atoms with Crippen LogP contribution in [0.1, 0.15) is 31.0 Å². The normalized spacial score (nSPS) is 12.0. The summed E-state index contributed by atoms with van der Waals surface area (Å²) in [6.07, 6.45) is -4.82. The van der Waals surface area contributed by atoms with Gasteiger partial charge in [-0.15, -0.1) is 0 Å². The third kappa shape index (κ3) is 3.95. The summed E-state index contributed by atoms with van der Waals surface area (Å²) in [5.74, 6) is 0.878. The van der Waals surface area contributed by atoms with Gasteiger partial charge >= 0.3 is 11.9 Å². The number of ether oxygens (including phenoxy) is 1. The largest absolute Gasteiger partial charge is 0.496 e. The van der Waals surface area contributed by atoms with Gasteiger partial charge < -0.3 is 4.74 Å². The van der Waals surface area contributed by atoms with Gasteiger partial charge in [-0.05, 0) is 53.3 Å². The number of hydrogen-bond donors (Lipinski definition) is 0. The minimum Gasteiger partial charge on any atom is -0.496 e. The first kappa shape index (κ1) is 22.8. The highest BCUT2D eigenvalue weighted by Gasteiger charge is 2.35. The molecule has 0 amide bonds. The van der Waals surface area contributed by atoms with Crippen molar-refractivity contribution in [1.82, 2.24) is 13.5 Å². The van der Waals surface area contributed by atoms with Gasteiger partial charge in [-0.3, -0.25) is 9.36 Å². The Morgan fingerprint density at radius 3 is 2.42 bits per heavy atom. The van der Waals surface area contributed by atoms with E-state index in [1.807, 2.05) is 18.2 Å². The third-order valence-corrected chi connectivity index (χ3v) is 6.29. The second-order valence-electron chi connectivity index (χ2n) is 7.87. The molecular weight excluding hydrogens is 455 g/mol. The van der Waals surface area contributed by atoms with E-state index in [4.69, 9.17) is 4.74 Å². The lowest BCUT2D eigenvalue weighted by atomic mass is 9.97. The molecule has 0 aliphatic rings. The highest BCUT2D eigenvalue weighted by molar-refractivity contribution is 7.13. The van der Waals surface area contributed by atoms with Crippen LogP contribution in [0, 0.1) is 0 Å². The maximum absolute atomic E-state index is 13.2. The Bertz CT molecular complexity index is 1480. The van der Waals surface area contributed by atoms with E-state index in [0.717, 1.165) is 27.4 Å². The minimum atomic E-state index is -4.82. The predicted molar refractivity (Wildman–Crippen MR) is 122 cm³/mol. The third-order valence-electron chi connectivity index (χ3n) is 5.47. The van der Waals surface area contributed by atoms with Gasteiger partial charge in [0, 0.05) is 24.1 Å². The average Bonchev–Trinajstić information content (AvgIpc) is 3.18. The van der Waals surface area contributed by atoms with Crippen molar-refractivity contribution in [2.24, 2.45) is 7.05 Å². The van der Waals surface area contributed by atoms with Gasteiger partial charge in [0.05, 0.1) is 23.2 Å². The molecule has 0 saturated heterocycles. The number of fused-ring (bicyclic) bond motifs is 1. The lowest BCUT2D eigenvalue weighted by Crippen LogP contribution is -2.40. The van der Waals surface area contributed by atoms with Crippen LogP contribution in [-0.2, 0) is 13.2 Å². The first-order valence-corrected chi connectivity index (χ1v) is 10.8. The minimum absolute atomic E-state index is 0.155. The van der Waals surface area contributed by atoms with E-state index in [1.54, 1.807) is 19.2 Å². The van der Waals surface area contributed by atoms with Crippen LogP contribution in [-0.4, -0.2) is 20.6 Å². The monoisotopic (exact) mass is 475 g/mol. The van der Waals surface area contributed by atoms with Gasteiger partial charge in [0.2, 0.25) is 0 Å². The van der Waals surface area contributed by atoms with E-state index in [-0.39, 0.29) is 11.6 Å². The molecule has 0 saturated carbocycles. The number of nitrogens with zero attached hydrogens (tertiary/aromatic N) is 3. The second-order valence-corrected chi connectivity index (χ2v) is 8.67. The summed E-state index contributed by atoms with van der Waals surface area (Å²) in [4.78, 5) is 25.2. The Morgan fingerprint density at radius 1 is 1.06 bits per heavy atom. The van der Waals surface area contributed by atoms with Crippen LogP contribution in [0.4, 0.5) is 13.2 Å². The number of halogens is 3. The number of hydrogen-bond acceptors (Lipinski definition) is 5. The van der Waals surface area contributed by atoms with Gasteiger partial charge in [0.15, 0.2) is 0 Å². The number of methoxy groups -OCH3 is 1. The average molecular weight is 475 g/mol. The summed E-state index contributed by atoms with van der Waals surface area (Å²) in [6.45, 7) is 4.13. The summed E-state index contributed by atoms with van der Waals surface area (Å²) < 4.78 is 51.6. The van der Waals surface area contributed by atoms with Crippen LogP contribution in [0.15, 0.2) is 52.1 Å². The van der Waals surface area contributed by atoms with Crippen molar-refractivity contribution in [3.8, 4) is 22.7 Å². The van der Waals surface area contributed by atoms with E-state index in [9.17, 15) is 22.8 Å². The summed E-state index contributed by atoms with van der Waals surface area (Å²) in [7, 11) is 2.54. The van der Waals surface area contributed by atoms with Crippen molar-refractivity contribution in [2.45, 2.75) is 25.9 Å². The Hall–Kier alpha value is -3.40. The zero-order chi connectivity index (χ0) is 24.1. The molecule has 0 fully saturated rings. The fourth-order valence-electron chi connectivity index (χ4n) is 3.67. The van der Waals surface area contributed by atoms with Crippen LogP contribution in [0.2, 0.25) is 0 Å². The molecule has 0 radical (unpaired) electrons. The highest BCUT2D eigenvalue weighted by Crippen LogP contribution is 2.38. The molecule has 33 heavy (non-hydrogen) atoms. The fraction of sp³-hybridized carbons (Fsp3) is 0.261. The summed E-state index contributed by atoms with van der Waals surface area (Å²) in [5.41, 5.74) is -0.860. The van der Waals surface area contributed by atoms with Gasteiger partial charge in [-0.2, -0.15) is 17.5 Å². The smallest absolute Gasteiger partial charge is 0.431 e. The molecule has 2 heterocycles. The first-order valence-electron chi connectivity index (χ1n) is 10.0. The summed E-state index contributed by atoms with van der Waals surface area (Å²) >= 11 is 1.24. The standard InChI is InChI=1S/C23H20F3N3O3S/c1-12(2)13-5-7-17(32-4)15(9-13)21-16-10-14(6-8-18(16)33-27-21)29-20(30)11-19(23(24,25)26)28(3)22(29)31/h5-12H,1-4H3. The first-order chi connectivity index (χ1) is 15.5. The van der Waals surface area contributed by atoms with Crippen molar-refractivity contribution in [3.05, 3.63) is 74.6 Å². The molecule has 0 bridgehead atoms. The Kier molecular flexibility index (Phi) is 5.65. The number of rotatable bonds is 4. The number of benzene rings is 2. The molecule has 0 unspecified atom stereocenters. The van der Waals surface area contributed by atoms with Gasteiger partial charge in [0.25, 0.3) is 5.56 Å². The molecule has 0 N–H and O–H groups in total. The highest BCUT2D eigenvalue weighted by atomic mass is 32.1. The van der Waals surface area contributed by atoms with Crippen LogP contribution in [0.5, 0.6) is 5.75 Å². The molecule has 0 aliphatic heterocycles. The summed E-state index contributed by atoms with van der Waals surface area (Å²) in [5, 5.41) is 0.658. The van der Waals surface area contributed by atoms with Crippen molar-refractivity contribution in [1.29, 1.82) is 0 Å². The number of aromatic nitrogens is 3. The van der Waals surface area contributed by atoms with Gasteiger partial charge in [-0.1, -0.05) is 19.9 Å². The van der Waals surface area contributed by atoms with Crippen LogP contribution in [0.3, 0.4) is 0 Å². The van der Waals surface area contributed by atoms with E-state index < -0.39 is 23.1 Å². The van der Waals surface area contributed by atoms with Crippen LogP contribution >= 0.6 is 11.5 Å². The Labute approximate surface area is 190 Å². The molecule has 2 aromatic heterocycles. The molecule has 10 heteroatoms. The lowest BCUT2D eigenvalue weighted by molar-refractivity contribution is -0.144. The van der Waals surface area contributed by atoms with Crippen molar-refractivity contribution >= 4 is 21.6 Å². The van der Waals surface area contributed by atoms with Gasteiger partial charge in [-0.25, -0.2) is 9.36 Å². The molecular formula is C23H20F3N3O3S. The van der Waals surface area contributed by atoms with Crippen molar-refractivity contribution in [2.75, 3.05) is 7.11 Å². The van der Waals surface area contributed by atoms with E-state index in [1.165, 1.54) is 17.6 Å². The van der Waals surface area contributed by atoms with Crippen LogP contribution in [0.25, 0.3) is 27.0 Å². The maximum Gasteiger partial charge on any atom is 0.431 e. The quantitative estimate of drug-likeness (QED) is 0.418. The summed E-state index contributed by atoms with van der Waals surface area (Å²) in [6, 6.07) is 11.0. The topological polar surface area (TPSA) is 66.1 Å². The molecule has 4 rings (SSSR count). The molecule has 0 aliphatic carbocycles. The molecule has 6 nitrogen and oxygen atoms in total. The van der Waals surface area contributed by atoms with Crippen LogP contribution < -0.4 is 16.0 Å². The predicted octanol–water partition coefficient (Wildman–Crippen LogP) is 4.96. The number of alkyl halides is 3. The van der Waals surface area contributed by atoms with E-state index in [2.05, 4.69) is 18.2 Å². The SMILES string of the molecule is COc1ccc(C(C)C)cc1-c1nsc2ccc(-n3c(=O)cc(C(F)(F)F)n(C)c3=O)cc12. The van der Waals surface area contributed by atoms with E-state index in [0.29, 0.717) is 27.5 Å².